The zero-order chi connectivity index (χ0) is 13.5. The Kier molecular flexibility index (Phi) is 6.54. The van der Waals surface area contributed by atoms with Gasteiger partial charge in [-0.2, -0.15) is 11.8 Å². The van der Waals surface area contributed by atoms with E-state index in [1.807, 2.05) is 25.6 Å². The molecule has 104 valence electrons. The number of amides is 2. The van der Waals surface area contributed by atoms with Gasteiger partial charge in [0.2, 0.25) is 11.8 Å². The van der Waals surface area contributed by atoms with E-state index in [2.05, 4.69) is 12.2 Å². The highest BCUT2D eigenvalue weighted by Crippen LogP contribution is 2.16. The van der Waals surface area contributed by atoms with Crippen LogP contribution in [0, 0.1) is 0 Å². The van der Waals surface area contributed by atoms with E-state index in [1.165, 1.54) is 0 Å². The Bertz CT molecular complexity index is 297. The Balaban J connectivity index is 2.62. The van der Waals surface area contributed by atoms with Crippen LogP contribution in [0.3, 0.4) is 0 Å². The second-order valence-corrected chi connectivity index (χ2v) is 5.87. The van der Waals surface area contributed by atoms with Crippen LogP contribution in [0.4, 0.5) is 0 Å². The van der Waals surface area contributed by atoms with Crippen LogP contribution in [0.5, 0.6) is 0 Å². The predicted octanol–water partition coefficient (Wildman–Crippen LogP) is 1.65. The number of thioether (sulfide) groups is 1. The fraction of sp³-hybridized carbons (Fsp3) is 0.846. The average Bonchev–Trinajstić information content (AvgIpc) is 2.37. The van der Waals surface area contributed by atoms with E-state index in [9.17, 15) is 9.59 Å². The molecular formula is C13H24N2O2S. The maximum atomic E-state index is 12.2. The highest BCUT2D eigenvalue weighted by Gasteiger charge is 2.38. The smallest absolute Gasteiger partial charge is 0.245 e. The Morgan fingerprint density at radius 3 is 2.50 bits per heavy atom. The molecule has 0 bridgehead atoms. The molecule has 0 aromatic heterocycles. The van der Waals surface area contributed by atoms with Gasteiger partial charge in [0.1, 0.15) is 12.1 Å². The molecule has 2 amide bonds. The Hall–Kier alpha value is -0.710. The first-order chi connectivity index (χ1) is 8.65. The molecule has 0 saturated carbocycles. The molecule has 5 heteroatoms. The van der Waals surface area contributed by atoms with Crippen LogP contribution in [-0.4, -0.2) is 46.8 Å². The normalized spacial score (nSPS) is 24.3. The quantitative estimate of drug-likeness (QED) is 0.717. The average molecular weight is 272 g/mol. The lowest BCUT2D eigenvalue weighted by Crippen LogP contribution is -2.63. The minimum Gasteiger partial charge on any atom is -0.343 e. The van der Waals surface area contributed by atoms with E-state index in [-0.39, 0.29) is 23.9 Å². The summed E-state index contributed by atoms with van der Waals surface area (Å²) in [7, 11) is 0. The van der Waals surface area contributed by atoms with Gasteiger partial charge in [-0.1, -0.05) is 20.8 Å². The summed E-state index contributed by atoms with van der Waals surface area (Å²) in [5, 5.41) is 2.81. The van der Waals surface area contributed by atoms with Crippen molar-refractivity contribution in [3.63, 3.8) is 0 Å². The third kappa shape index (κ3) is 3.64. The van der Waals surface area contributed by atoms with Crippen LogP contribution in [0.2, 0.25) is 0 Å². The molecule has 1 aliphatic rings. The maximum Gasteiger partial charge on any atom is 0.245 e. The molecule has 0 radical (unpaired) electrons. The lowest BCUT2D eigenvalue weighted by atomic mass is 10.0. The number of nitrogens with one attached hydrogen (secondary N) is 1. The van der Waals surface area contributed by atoms with E-state index in [4.69, 9.17) is 0 Å². The Morgan fingerprint density at radius 1 is 1.22 bits per heavy atom. The summed E-state index contributed by atoms with van der Waals surface area (Å²) in [4.78, 5) is 25.9. The van der Waals surface area contributed by atoms with E-state index in [0.29, 0.717) is 19.4 Å². The van der Waals surface area contributed by atoms with Crippen LogP contribution in [0.1, 0.15) is 40.0 Å². The van der Waals surface area contributed by atoms with Crippen molar-refractivity contribution in [1.29, 1.82) is 0 Å². The van der Waals surface area contributed by atoms with E-state index in [0.717, 1.165) is 17.9 Å². The first-order valence-electron chi connectivity index (χ1n) is 6.84. The fourth-order valence-electron chi connectivity index (χ4n) is 2.25. The van der Waals surface area contributed by atoms with Gasteiger partial charge in [0, 0.05) is 6.54 Å². The first kappa shape index (κ1) is 15.3. The topological polar surface area (TPSA) is 49.4 Å². The van der Waals surface area contributed by atoms with E-state index in [1.54, 1.807) is 4.90 Å². The number of carbonyl (C=O) groups is 2. The molecule has 1 N–H and O–H groups in total. The summed E-state index contributed by atoms with van der Waals surface area (Å²) in [6, 6.07) is -0.592. The van der Waals surface area contributed by atoms with Crippen molar-refractivity contribution < 1.29 is 9.59 Å². The lowest BCUT2D eigenvalue weighted by molar-refractivity contribution is -0.149. The third-order valence-electron chi connectivity index (χ3n) is 3.26. The number of hydrogen-bond donors (Lipinski definition) is 1. The summed E-state index contributed by atoms with van der Waals surface area (Å²) in [6.45, 7) is 6.72. The summed E-state index contributed by atoms with van der Waals surface area (Å²) in [6.07, 6.45) is 2.32. The van der Waals surface area contributed by atoms with Crippen LogP contribution >= 0.6 is 11.8 Å². The minimum absolute atomic E-state index is 0.00657. The van der Waals surface area contributed by atoms with Crippen LogP contribution in [-0.2, 0) is 9.59 Å². The van der Waals surface area contributed by atoms with Crippen molar-refractivity contribution in [2.24, 2.45) is 0 Å². The van der Waals surface area contributed by atoms with Gasteiger partial charge < -0.3 is 10.2 Å². The van der Waals surface area contributed by atoms with E-state index < -0.39 is 0 Å². The molecule has 4 nitrogen and oxygen atoms in total. The fourth-order valence-corrected chi connectivity index (χ4v) is 2.88. The standard InChI is InChI=1S/C13H24N2O2S/c1-4-10-13(17)15(8-7-9-18-6-3)11(5-2)12(16)14-10/h10-11H,4-9H2,1-3H3,(H,14,16). The lowest BCUT2D eigenvalue weighted by Gasteiger charge is -2.38. The molecule has 0 aromatic carbocycles. The highest BCUT2D eigenvalue weighted by atomic mass is 32.2. The van der Waals surface area contributed by atoms with Crippen LogP contribution in [0.25, 0.3) is 0 Å². The molecule has 0 aromatic rings. The highest BCUT2D eigenvalue weighted by molar-refractivity contribution is 7.99. The van der Waals surface area contributed by atoms with Gasteiger partial charge in [-0.25, -0.2) is 0 Å². The van der Waals surface area contributed by atoms with Gasteiger partial charge in [0.15, 0.2) is 0 Å². The monoisotopic (exact) mass is 272 g/mol. The largest absolute Gasteiger partial charge is 0.343 e. The van der Waals surface area contributed by atoms with Gasteiger partial charge in [-0.05, 0) is 30.8 Å². The van der Waals surface area contributed by atoms with Gasteiger partial charge in [0.05, 0.1) is 0 Å². The Morgan fingerprint density at radius 2 is 1.94 bits per heavy atom. The van der Waals surface area contributed by atoms with Crippen molar-refractivity contribution in [3.8, 4) is 0 Å². The molecular weight excluding hydrogens is 248 g/mol. The number of piperazine rings is 1. The summed E-state index contributed by atoms with van der Waals surface area (Å²) in [5.74, 6) is 2.25. The molecule has 1 heterocycles. The van der Waals surface area contributed by atoms with Crippen molar-refractivity contribution in [3.05, 3.63) is 0 Å². The molecule has 1 aliphatic heterocycles. The molecule has 1 rings (SSSR count). The zero-order valence-electron chi connectivity index (χ0n) is 11.6. The molecule has 18 heavy (non-hydrogen) atoms. The summed E-state index contributed by atoms with van der Waals surface area (Å²) in [5.41, 5.74) is 0. The van der Waals surface area contributed by atoms with Crippen molar-refractivity contribution >= 4 is 23.6 Å². The first-order valence-corrected chi connectivity index (χ1v) is 7.99. The molecule has 0 aliphatic carbocycles. The summed E-state index contributed by atoms with van der Waals surface area (Å²) < 4.78 is 0. The maximum absolute atomic E-state index is 12.2. The number of carbonyl (C=O) groups excluding carboxylic acids is 2. The second-order valence-electron chi connectivity index (χ2n) is 4.48. The van der Waals surface area contributed by atoms with Crippen LogP contribution < -0.4 is 5.32 Å². The molecule has 1 fully saturated rings. The Labute approximate surface area is 114 Å². The van der Waals surface area contributed by atoms with Crippen molar-refractivity contribution in [2.45, 2.75) is 52.1 Å². The molecule has 2 unspecified atom stereocenters. The third-order valence-corrected chi connectivity index (χ3v) is 4.25. The van der Waals surface area contributed by atoms with Crippen molar-refractivity contribution in [2.75, 3.05) is 18.1 Å². The molecule has 0 spiro atoms. The molecule has 1 saturated heterocycles. The van der Waals surface area contributed by atoms with Gasteiger partial charge in [-0.15, -0.1) is 0 Å². The van der Waals surface area contributed by atoms with E-state index >= 15 is 0 Å². The zero-order valence-corrected chi connectivity index (χ0v) is 12.4. The van der Waals surface area contributed by atoms with Gasteiger partial charge in [0.25, 0.3) is 0 Å². The number of hydrogen-bond acceptors (Lipinski definition) is 3. The number of nitrogens with zero attached hydrogens (tertiary/aromatic N) is 1. The number of rotatable bonds is 7. The van der Waals surface area contributed by atoms with Gasteiger partial charge in [-0.3, -0.25) is 9.59 Å². The summed E-state index contributed by atoms with van der Waals surface area (Å²) >= 11 is 1.88. The van der Waals surface area contributed by atoms with Crippen LogP contribution in [0.15, 0.2) is 0 Å². The molecule has 2 atom stereocenters. The second kappa shape index (κ2) is 7.67. The van der Waals surface area contributed by atoms with Crippen molar-refractivity contribution in [1.82, 2.24) is 10.2 Å². The minimum atomic E-state index is -0.320. The van der Waals surface area contributed by atoms with Gasteiger partial charge >= 0.3 is 0 Å². The predicted molar refractivity (Wildman–Crippen MR) is 75.6 cm³/mol. The SMILES string of the molecule is CCSCCCN1C(=O)C(CC)NC(=O)C1CC.